The van der Waals surface area contributed by atoms with Crippen molar-refractivity contribution in [2.45, 2.75) is 13.0 Å². The van der Waals surface area contributed by atoms with E-state index < -0.39 is 0 Å². The number of fused-ring (bicyclic) bond motifs is 4. The summed E-state index contributed by atoms with van der Waals surface area (Å²) in [6.45, 7) is 6.04. The number of ether oxygens (including phenoxy) is 1. The molecule has 2 aliphatic heterocycles. The number of carbonyl (C=O) groups is 1. The molecule has 1 amide bonds. The minimum absolute atomic E-state index is 0.119. The zero-order chi connectivity index (χ0) is 16.0. The average molecular weight is 331 g/mol. The number of aromatic nitrogens is 1. The van der Waals surface area contributed by atoms with Gasteiger partial charge in [0.25, 0.3) is 5.91 Å². The SMILES string of the molecule is Cc1nc2ccc(C(=O)N3C[C@H]4COC[C@@H]3CN(C)C4)cc2s1. The number of likely N-dealkylation sites (N-methyl/N-ethyl adjacent to an activating group) is 1. The number of aryl methyl sites for hydroxylation is 1. The lowest BCUT2D eigenvalue weighted by Gasteiger charge is -2.29. The number of thiazole rings is 1. The normalized spacial score (nSPS) is 25.6. The van der Waals surface area contributed by atoms with E-state index in [2.05, 4.69) is 16.9 Å². The minimum atomic E-state index is 0.119. The van der Waals surface area contributed by atoms with Crippen LogP contribution in [0.5, 0.6) is 0 Å². The van der Waals surface area contributed by atoms with Crippen molar-refractivity contribution in [1.29, 1.82) is 0 Å². The highest BCUT2D eigenvalue weighted by molar-refractivity contribution is 7.18. The molecule has 0 saturated carbocycles. The van der Waals surface area contributed by atoms with E-state index >= 15 is 0 Å². The third-order valence-corrected chi connectivity index (χ3v) is 5.59. The van der Waals surface area contributed by atoms with Crippen LogP contribution in [0.4, 0.5) is 0 Å². The number of hydrogen-bond donors (Lipinski definition) is 0. The fraction of sp³-hybridized carbons (Fsp3) is 0.529. The molecule has 5 nitrogen and oxygen atoms in total. The largest absolute Gasteiger partial charge is 0.379 e. The Bertz CT molecular complexity index is 745. The van der Waals surface area contributed by atoms with Gasteiger partial charge in [-0.25, -0.2) is 4.98 Å². The van der Waals surface area contributed by atoms with Gasteiger partial charge in [-0.05, 0) is 32.2 Å². The zero-order valence-corrected chi connectivity index (χ0v) is 14.3. The third kappa shape index (κ3) is 2.86. The van der Waals surface area contributed by atoms with Gasteiger partial charge in [0.15, 0.2) is 0 Å². The quantitative estimate of drug-likeness (QED) is 0.802. The van der Waals surface area contributed by atoms with Crippen LogP contribution >= 0.6 is 11.3 Å². The molecular formula is C17H21N3O2S. The van der Waals surface area contributed by atoms with Crippen LogP contribution in [0.2, 0.25) is 0 Å². The maximum absolute atomic E-state index is 13.1. The highest BCUT2D eigenvalue weighted by Gasteiger charge is 2.35. The Morgan fingerprint density at radius 3 is 3.04 bits per heavy atom. The Balaban J connectivity index is 1.66. The second-order valence-electron chi connectivity index (χ2n) is 6.65. The molecule has 2 aliphatic rings. The average Bonchev–Trinajstić information content (AvgIpc) is 2.65. The Hall–Kier alpha value is -1.50. The van der Waals surface area contributed by atoms with Gasteiger partial charge in [0, 0.05) is 31.1 Å². The van der Waals surface area contributed by atoms with Gasteiger partial charge in [-0.15, -0.1) is 11.3 Å². The molecule has 23 heavy (non-hydrogen) atoms. The first-order chi connectivity index (χ1) is 11.1. The summed E-state index contributed by atoms with van der Waals surface area (Å²) in [5, 5.41) is 1.03. The molecule has 0 spiro atoms. The number of nitrogens with zero attached hydrogens (tertiary/aromatic N) is 3. The number of carbonyl (C=O) groups excluding carboxylic acids is 1. The lowest BCUT2D eigenvalue weighted by Crippen LogP contribution is -2.45. The van der Waals surface area contributed by atoms with E-state index in [1.54, 1.807) is 11.3 Å². The summed E-state index contributed by atoms with van der Waals surface area (Å²) >= 11 is 1.64. The van der Waals surface area contributed by atoms with Crippen LogP contribution in [0.25, 0.3) is 10.2 Å². The van der Waals surface area contributed by atoms with Gasteiger partial charge in [-0.2, -0.15) is 0 Å². The van der Waals surface area contributed by atoms with Crippen LogP contribution in [0.15, 0.2) is 18.2 Å². The monoisotopic (exact) mass is 331 g/mol. The molecule has 0 N–H and O–H groups in total. The lowest BCUT2D eigenvalue weighted by molar-refractivity contribution is 0.0483. The highest BCUT2D eigenvalue weighted by Crippen LogP contribution is 2.25. The van der Waals surface area contributed by atoms with Crippen molar-refractivity contribution in [3.63, 3.8) is 0 Å². The Labute approximate surface area is 139 Å². The maximum atomic E-state index is 13.1. The van der Waals surface area contributed by atoms with Gasteiger partial charge in [-0.3, -0.25) is 4.79 Å². The van der Waals surface area contributed by atoms with E-state index in [4.69, 9.17) is 4.74 Å². The molecule has 2 aromatic rings. The van der Waals surface area contributed by atoms with Crippen LogP contribution in [-0.2, 0) is 4.74 Å². The number of amides is 1. The minimum Gasteiger partial charge on any atom is -0.379 e. The Morgan fingerprint density at radius 2 is 2.17 bits per heavy atom. The molecule has 6 heteroatoms. The topological polar surface area (TPSA) is 45.7 Å². The molecule has 1 aromatic carbocycles. The van der Waals surface area contributed by atoms with Crippen molar-refractivity contribution >= 4 is 27.5 Å². The second-order valence-corrected chi connectivity index (χ2v) is 7.89. The van der Waals surface area contributed by atoms with E-state index in [9.17, 15) is 4.79 Å². The van der Waals surface area contributed by atoms with Crippen molar-refractivity contribution in [2.75, 3.05) is 39.9 Å². The fourth-order valence-electron chi connectivity index (χ4n) is 3.66. The summed E-state index contributed by atoms with van der Waals surface area (Å²) in [6, 6.07) is 5.99. The standard InChI is InChI=1S/C17H21N3O2S/c1-11-18-15-4-3-13(5-16(15)23-11)17(21)20-7-12-6-19(2)8-14(20)10-22-9-12/h3-5,12,14H,6-10H2,1-2H3/t12-,14-/m0/s1. The van der Waals surface area contributed by atoms with Gasteiger partial charge >= 0.3 is 0 Å². The second kappa shape index (κ2) is 5.85. The van der Waals surface area contributed by atoms with Gasteiger partial charge in [0.1, 0.15) is 0 Å². The van der Waals surface area contributed by atoms with E-state index in [1.165, 1.54) is 0 Å². The van der Waals surface area contributed by atoms with Crippen LogP contribution < -0.4 is 0 Å². The first kappa shape index (κ1) is 15.1. The van der Waals surface area contributed by atoms with Crippen molar-refractivity contribution in [1.82, 2.24) is 14.8 Å². The molecule has 4 rings (SSSR count). The molecule has 2 saturated heterocycles. The van der Waals surface area contributed by atoms with E-state index in [1.807, 2.05) is 30.0 Å². The summed E-state index contributed by atoms with van der Waals surface area (Å²) in [6.07, 6.45) is 0. The maximum Gasteiger partial charge on any atom is 0.254 e. The molecule has 0 unspecified atom stereocenters. The lowest BCUT2D eigenvalue weighted by atomic mass is 10.1. The number of rotatable bonds is 1. The van der Waals surface area contributed by atoms with Crippen molar-refractivity contribution in [3.8, 4) is 0 Å². The van der Waals surface area contributed by atoms with E-state index in [0.29, 0.717) is 12.5 Å². The zero-order valence-electron chi connectivity index (χ0n) is 13.5. The fourth-order valence-corrected chi connectivity index (χ4v) is 4.53. The van der Waals surface area contributed by atoms with Crippen LogP contribution in [-0.4, -0.2) is 66.6 Å². The van der Waals surface area contributed by atoms with Crippen molar-refractivity contribution in [3.05, 3.63) is 28.8 Å². The van der Waals surface area contributed by atoms with Crippen LogP contribution in [0, 0.1) is 12.8 Å². The number of benzene rings is 1. The molecule has 2 bridgehead atoms. The molecule has 2 atom stereocenters. The summed E-state index contributed by atoms with van der Waals surface area (Å²) in [4.78, 5) is 21.9. The number of hydrogen-bond acceptors (Lipinski definition) is 5. The molecule has 2 fully saturated rings. The van der Waals surface area contributed by atoms with Crippen LogP contribution in [0.3, 0.4) is 0 Å². The van der Waals surface area contributed by atoms with Gasteiger partial charge in [0.05, 0.1) is 34.5 Å². The molecule has 0 radical (unpaired) electrons. The molecule has 0 aliphatic carbocycles. The first-order valence-corrected chi connectivity index (χ1v) is 8.86. The molecule has 122 valence electrons. The van der Waals surface area contributed by atoms with Gasteiger partial charge < -0.3 is 14.5 Å². The predicted molar refractivity (Wildman–Crippen MR) is 91.0 cm³/mol. The Morgan fingerprint density at radius 1 is 1.30 bits per heavy atom. The smallest absolute Gasteiger partial charge is 0.254 e. The Kier molecular flexibility index (Phi) is 3.83. The molecular weight excluding hydrogens is 310 g/mol. The third-order valence-electron chi connectivity index (χ3n) is 4.65. The molecule has 1 aromatic heterocycles. The van der Waals surface area contributed by atoms with Crippen molar-refractivity contribution < 1.29 is 9.53 Å². The predicted octanol–water partition coefficient (Wildman–Crippen LogP) is 2.01. The summed E-state index contributed by atoms with van der Waals surface area (Å²) < 4.78 is 6.85. The molecule has 3 heterocycles. The van der Waals surface area contributed by atoms with E-state index in [0.717, 1.165) is 47.0 Å². The van der Waals surface area contributed by atoms with Gasteiger partial charge in [0.2, 0.25) is 0 Å². The summed E-state index contributed by atoms with van der Waals surface area (Å²) in [5.41, 5.74) is 1.73. The van der Waals surface area contributed by atoms with Crippen LogP contribution in [0.1, 0.15) is 15.4 Å². The highest BCUT2D eigenvalue weighted by atomic mass is 32.1. The first-order valence-electron chi connectivity index (χ1n) is 8.04. The summed E-state index contributed by atoms with van der Waals surface area (Å²) in [7, 11) is 2.13. The van der Waals surface area contributed by atoms with E-state index in [-0.39, 0.29) is 11.9 Å². The van der Waals surface area contributed by atoms with Crippen molar-refractivity contribution in [2.24, 2.45) is 5.92 Å². The summed E-state index contributed by atoms with van der Waals surface area (Å²) in [5.74, 6) is 0.514. The van der Waals surface area contributed by atoms with Gasteiger partial charge in [-0.1, -0.05) is 0 Å².